The maximum atomic E-state index is 11.4. The smallest absolute Gasteiger partial charge is 0.419 e. The number of aliphatic carboxylic acids is 1. The van der Waals surface area contributed by atoms with Crippen LogP contribution in [0.5, 0.6) is 0 Å². The minimum atomic E-state index is -0.897. The minimum absolute atomic E-state index is 0.387. The van der Waals surface area contributed by atoms with Crippen LogP contribution in [0.2, 0.25) is 0 Å². The molecule has 1 N–H and O–H groups in total. The van der Waals surface area contributed by atoms with Crippen LogP contribution in [0.15, 0.2) is 27.4 Å². The first-order valence-electron chi connectivity index (χ1n) is 5.87. The number of rotatable bonds is 4. The number of carbonyl (C=O) groups is 1. The lowest BCUT2D eigenvalue weighted by Crippen LogP contribution is -2.25. The van der Waals surface area contributed by atoms with E-state index in [1.807, 2.05) is 19.0 Å². The lowest BCUT2D eigenvalue weighted by molar-refractivity contribution is -0.139. The van der Waals surface area contributed by atoms with E-state index in [0.717, 1.165) is 0 Å². The molecule has 1 atom stereocenters. The van der Waals surface area contributed by atoms with Gasteiger partial charge in [-0.15, -0.1) is 0 Å². The third-order valence-corrected chi connectivity index (χ3v) is 3.06. The largest absolute Gasteiger partial charge is 0.481 e. The van der Waals surface area contributed by atoms with Crippen molar-refractivity contribution in [2.24, 2.45) is 7.05 Å². The summed E-state index contributed by atoms with van der Waals surface area (Å²) in [6, 6.07) is 5.06. The third-order valence-electron chi connectivity index (χ3n) is 3.06. The number of carboxylic acids is 1. The van der Waals surface area contributed by atoms with Crippen molar-refractivity contribution in [3.63, 3.8) is 0 Å². The average molecular weight is 264 g/mol. The molecule has 102 valence electrons. The quantitative estimate of drug-likeness (QED) is 0.886. The molecule has 2 rings (SSSR count). The number of oxazole rings is 1. The van der Waals surface area contributed by atoms with E-state index in [4.69, 9.17) is 4.42 Å². The van der Waals surface area contributed by atoms with Gasteiger partial charge in [-0.05, 0) is 31.8 Å². The molecule has 0 radical (unpaired) electrons. The van der Waals surface area contributed by atoms with E-state index >= 15 is 0 Å². The van der Waals surface area contributed by atoms with Gasteiger partial charge in [-0.25, -0.2) is 4.79 Å². The van der Waals surface area contributed by atoms with Crippen LogP contribution in [0.4, 0.5) is 0 Å². The highest BCUT2D eigenvalue weighted by Crippen LogP contribution is 2.22. The van der Waals surface area contributed by atoms with Gasteiger partial charge in [-0.1, -0.05) is 6.07 Å². The molecular formula is C13H16N2O4. The van der Waals surface area contributed by atoms with Crippen molar-refractivity contribution in [3.8, 4) is 0 Å². The SMILES string of the molecule is CN(C)CC(C(=O)O)c1ccc2c(c1)oc(=O)n2C. The van der Waals surface area contributed by atoms with Gasteiger partial charge in [0.2, 0.25) is 0 Å². The van der Waals surface area contributed by atoms with Crippen LogP contribution in [0.1, 0.15) is 11.5 Å². The molecule has 1 unspecified atom stereocenters. The molecule has 2 aromatic rings. The molecule has 0 spiro atoms. The predicted octanol–water partition coefficient (Wildman–Crippen LogP) is 0.861. The van der Waals surface area contributed by atoms with Crippen LogP contribution in [0.3, 0.4) is 0 Å². The Balaban J connectivity index is 2.49. The summed E-state index contributed by atoms with van der Waals surface area (Å²) in [6.07, 6.45) is 0. The van der Waals surface area contributed by atoms with Crippen LogP contribution in [0.25, 0.3) is 11.1 Å². The molecule has 0 amide bonds. The highest BCUT2D eigenvalue weighted by molar-refractivity contribution is 5.80. The van der Waals surface area contributed by atoms with E-state index in [9.17, 15) is 14.7 Å². The van der Waals surface area contributed by atoms with E-state index in [0.29, 0.717) is 23.2 Å². The molecule has 19 heavy (non-hydrogen) atoms. The molecule has 0 saturated heterocycles. The zero-order valence-electron chi connectivity index (χ0n) is 11.1. The van der Waals surface area contributed by atoms with E-state index in [2.05, 4.69) is 0 Å². The Labute approximate surface area is 109 Å². The second-order valence-electron chi connectivity index (χ2n) is 4.81. The molecule has 6 heteroatoms. The van der Waals surface area contributed by atoms with Gasteiger partial charge in [0.15, 0.2) is 5.58 Å². The zero-order valence-corrected chi connectivity index (χ0v) is 11.1. The van der Waals surface area contributed by atoms with Gasteiger partial charge >= 0.3 is 11.7 Å². The number of aryl methyl sites for hydroxylation is 1. The molecule has 0 aliphatic heterocycles. The molecule has 0 fully saturated rings. The maximum Gasteiger partial charge on any atom is 0.419 e. The summed E-state index contributed by atoms with van der Waals surface area (Å²) in [6.45, 7) is 0.387. The summed E-state index contributed by atoms with van der Waals surface area (Å²) < 4.78 is 6.46. The van der Waals surface area contributed by atoms with Crippen LogP contribution in [0, 0.1) is 0 Å². The lowest BCUT2D eigenvalue weighted by atomic mass is 9.98. The number of aromatic nitrogens is 1. The summed E-state index contributed by atoms with van der Waals surface area (Å²) in [7, 11) is 5.25. The van der Waals surface area contributed by atoms with Gasteiger partial charge in [-0.2, -0.15) is 0 Å². The Hall–Kier alpha value is -2.08. The summed E-state index contributed by atoms with van der Waals surface area (Å²) in [5.41, 5.74) is 1.70. The van der Waals surface area contributed by atoms with Crippen molar-refractivity contribution in [1.82, 2.24) is 9.47 Å². The topological polar surface area (TPSA) is 75.7 Å². The number of benzene rings is 1. The Bertz CT molecular complexity index is 669. The van der Waals surface area contributed by atoms with Gasteiger partial charge in [0, 0.05) is 13.6 Å². The highest BCUT2D eigenvalue weighted by atomic mass is 16.4. The second kappa shape index (κ2) is 4.89. The normalized spacial score (nSPS) is 13.1. The summed E-state index contributed by atoms with van der Waals surface area (Å²) in [5.74, 6) is -2.00. The highest BCUT2D eigenvalue weighted by Gasteiger charge is 2.21. The van der Waals surface area contributed by atoms with E-state index in [1.54, 1.807) is 25.2 Å². The molecule has 0 saturated carbocycles. The number of nitrogens with zero attached hydrogens (tertiary/aromatic N) is 2. The predicted molar refractivity (Wildman–Crippen MR) is 70.4 cm³/mol. The molecule has 1 aromatic heterocycles. The fourth-order valence-electron chi connectivity index (χ4n) is 2.06. The van der Waals surface area contributed by atoms with E-state index < -0.39 is 17.6 Å². The fourth-order valence-corrected chi connectivity index (χ4v) is 2.06. The van der Waals surface area contributed by atoms with Gasteiger partial charge in [0.25, 0.3) is 0 Å². The van der Waals surface area contributed by atoms with Crippen LogP contribution in [-0.2, 0) is 11.8 Å². The summed E-state index contributed by atoms with van der Waals surface area (Å²) >= 11 is 0. The number of hydrogen-bond acceptors (Lipinski definition) is 4. The van der Waals surface area contributed by atoms with Crippen LogP contribution in [-0.4, -0.2) is 41.2 Å². The van der Waals surface area contributed by atoms with Crippen molar-refractivity contribution >= 4 is 17.1 Å². The van der Waals surface area contributed by atoms with Crippen molar-refractivity contribution < 1.29 is 14.3 Å². The Morgan fingerprint density at radius 2 is 2.16 bits per heavy atom. The first-order valence-corrected chi connectivity index (χ1v) is 5.87. The Morgan fingerprint density at radius 3 is 2.74 bits per heavy atom. The molecule has 0 bridgehead atoms. The van der Waals surface area contributed by atoms with E-state index in [1.165, 1.54) is 4.57 Å². The average Bonchev–Trinajstić information content (AvgIpc) is 2.61. The Morgan fingerprint density at radius 1 is 1.47 bits per heavy atom. The molecule has 0 aliphatic carbocycles. The fraction of sp³-hybridized carbons (Fsp3) is 0.385. The minimum Gasteiger partial charge on any atom is -0.481 e. The maximum absolute atomic E-state index is 11.4. The van der Waals surface area contributed by atoms with Crippen molar-refractivity contribution in [1.29, 1.82) is 0 Å². The second-order valence-corrected chi connectivity index (χ2v) is 4.81. The first-order chi connectivity index (χ1) is 8.90. The monoisotopic (exact) mass is 264 g/mol. The van der Waals surface area contributed by atoms with Crippen molar-refractivity contribution in [3.05, 3.63) is 34.3 Å². The summed E-state index contributed by atoms with van der Waals surface area (Å²) in [5, 5.41) is 9.28. The number of fused-ring (bicyclic) bond motifs is 1. The standard InChI is InChI=1S/C13H16N2O4/c1-14(2)7-9(12(16)17)8-4-5-10-11(6-8)19-13(18)15(10)3/h4-6,9H,7H2,1-3H3,(H,16,17). The number of carboxylic acid groups (broad SMARTS) is 1. The number of likely N-dealkylation sites (N-methyl/N-ethyl adjacent to an activating group) is 1. The Kier molecular flexibility index (Phi) is 3.44. The van der Waals surface area contributed by atoms with Gasteiger partial charge < -0.3 is 14.4 Å². The third kappa shape index (κ3) is 2.53. The van der Waals surface area contributed by atoms with Gasteiger partial charge in [0.1, 0.15) is 0 Å². The van der Waals surface area contributed by atoms with Crippen LogP contribution >= 0.6 is 0 Å². The lowest BCUT2D eigenvalue weighted by Gasteiger charge is -2.17. The zero-order chi connectivity index (χ0) is 14.2. The molecule has 1 aromatic carbocycles. The van der Waals surface area contributed by atoms with Gasteiger partial charge in [-0.3, -0.25) is 9.36 Å². The molecule has 0 aliphatic rings. The summed E-state index contributed by atoms with van der Waals surface area (Å²) in [4.78, 5) is 24.5. The molecule has 1 heterocycles. The first kappa shape index (κ1) is 13.4. The number of hydrogen-bond donors (Lipinski definition) is 1. The van der Waals surface area contributed by atoms with Crippen molar-refractivity contribution in [2.75, 3.05) is 20.6 Å². The van der Waals surface area contributed by atoms with Gasteiger partial charge in [0.05, 0.1) is 11.4 Å². The van der Waals surface area contributed by atoms with Crippen molar-refractivity contribution in [2.45, 2.75) is 5.92 Å². The molecular weight excluding hydrogens is 248 g/mol. The molecule has 6 nitrogen and oxygen atoms in total. The van der Waals surface area contributed by atoms with E-state index in [-0.39, 0.29) is 0 Å². The van der Waals surface area contributed by atoms with Crippen LogP contribution < -0.4 is 5.76 Å².